The molecule has 1 aromatic carbocycles. The Balaban J connectivity index is 2.07. The van der Waals surface area contributed by atoms with Crippen LogP contribution in [0.3, 0.4) is 0 Å². The van der Waals surface area contributed by atoms with Crippen LogP contribution in [0.25, 0.3) is 0 Å². The lowest BCUT2D eigenvalue weighted by molar-refractivity contribution is 0.202. The molecule has 0 amide bonds. The Labute approximate surface area is 113 Å². The average molecular weight is 260 g/mol. The number of rotatable bonds is 6. The molecule has 102 valence electrons. The van der Waals surface area contributed by atoms with Crippen molar-refractivity contribution >= 4 is 5.69 Å². The fourth-order valence-electron chi connectivity index (χ4n) is 2.06. The second-order valence-corrected chi connectivity index (χ2v) is 4.56. The highest BCUT2D eigenvalue weighted by Crippen LogP contribution is 2.19. The van der Waals surface area contributed by atoms with E-state index >= 15 is 0 Å². The lowest BCUT2D eigenvalue weighted by Gasteiger charge is -2.11. The molecule has 0 aliphatic carbocycles. The van der Waals surface area contributed by atoms with E-state index in [9.17, 15) is 0 Å². The molecular weight excluding hydrogens is 240 g/mol. The highest BCUT2D eigenvalue weighted by atomic mass is 16.5. The van der Waals surface area contributed by atoms with Crippen molar-refractivity contribution in [3.63, 3.8) is 0 Å². The van der Waals surface area contributed by atoms with E-state index in [-0.39, 0.29) is 0 Å². The van der Waals surface area contributed by atoms with Gasteiger partial charge < -0.3 is 14.6 Å². The van der Waals surface area contributed by atoms with Crippen molar-refractivity contribution in [3.05, 3.63) is 46.8 Å². The number of nitrogens with zero attached hydrogens (tertiary/aromatic N) is 1. The molecule has 19 heavy (non-hydrogen) atoms. The normalized spacial score (nSPS) is 10.7. The molecule has 0 saturated heterocycles. The maximum Gasteiger partial charge on any atom is 0.138 e. The number of benzene rings is 1. The summed E-state index contributed by atoms with van der Waals surface area (Å²) in [4.78, 5) is 0. The number of hydrogen-bond acceptors (Lipinski definition) is 4. The van der Waals surface area contributed by atoms with Gasteiger partial charge in [-0.15, -0.1) is 0 Å². The summed E-state index contributed by atoms with van der Waals surface area (Å²) in [5.74, 6) is 0.874. The molecule has 0 bridgehead atoms. The molecule has 4 heteroatoms. The number of anilines is 1. The van der Waals surface area contributed by atoms with Crippen LogP contribution in [0.15, 0.2) is 28.8 Å². The predicted octanol–water partition coefficient (Wildman–Crippen LogP) is 3.09. The minimum absolute atomic E-state index is 0.726. The summed E-state index contributed by atoms with van der Waals surface area (Å²) < 4.78 is 10.3. The summed E-state index contributed by atoms with van der Waals surface area (Å²) in [6.45, 7) is 5.35. The summed E-state index contributed by atoms with van der Waals surface area (Å²) in [7, 11) is 1.72. The zero-order valence-corrected chi connectivity index (χ0v) is 11.7. The van der Waals surface area contributed by atoms with Gasteiger partial charge in [0.2, 0.25) is 0 Å². The quantitative estimate of drug-likeness (QED) is 0.867. The number of methoxy groups -OCH3 is 1. The maximum absolute atomic E-state index is 5.17. The van der Waals surface area contributed by atoms with Crippen LogP contribution in [0.5, 0.6) is 0 Å². The fraction of sp³-hybridized carbons (Fsp3) is 0.400. The van der Waals surface area contributed by atoms with Gasteiger partial charge in [-0.2, -0.15) is 0 Å². The molecule has 1 aromatic heterocycles. The van der Waals surface area contributed by atoms with Gasteiger partial charge >= 0.3 is 0 Å². The molecule has 0 aliphatic rings. The summed E-state index contributed by atoms with van der Waals surface area (Å²) in [5, 5.41) is 7.42. The van der Waals surface area contributed by atoms with Gasteiger partial charge in [-0.3, -0.25) is 0 Å². The highest BCUT2D eigenvalue weighted by molar-refractivity contribution is 5.51. The van der Waals surface area contributed by atoms with E-state index in [0.29, 0.717) is 0 Å². The van der Waals surface area contributed by atoms with E-state index in [1.54, 1.807) is 7.11 Å². The van der Waals surface area contributed by atoms with Crippen LogP contribution in [-0.2, 0) is 17.7 Å². The third-order valence-corrected chi connectivity index (χ3v) is 3.23. The van der Waals surface area contributed by atoms with Crippen LogP contribution in [0.1, 0.15) is 22.6 Å². The van der Waals surface area contributed by atoms with Crippen LogP contribution in [0.2, 0.25) is 0 Å². The van der Waals surface area contributed by atoms with Crippen LogP contribution in [0, 0.1) is 13.8 Å². The Kier molecular flexibility index (Phi) is 4.58. The Morgan fingerprint density at radius 3 is 2.74 bits per heavy atom. The minimum atomic E-state index is 0.726. The molecule has 0 fully saturated rings. The largest absolute Gasteiger partial charge is 0.384 e. The highest BCUT2D eigenvalue weighted by Gasteiger charge is 2.09. The van der Waals surface area contributed by atoms with E-state index in [2.05, 4.69) is 22.6 Å². The number of hydrogen-bond donors (Lipinski definition) is 1. The van der Waals surface area contributed by atoms with Gasteiger partial charge in [0.1, 0.15) is 5.76 Å². The maximum atomic E-state index is 5.17. The summed E-state index contributed by atoms with van der Waals surface area (Å²) in [6.07, 6.45) is 0.904. The van der Waals surface area contributed by atoms with Gasteiger partial charge in [-0.25, -0.2) is 0 Å². The smallest absolute Gasteiger partial charge is 0.138 e. The van der Waals surface area contributed by atoms with Gasteiger partial charge in [0.25, 0.3) is 0 Å². The first-order valence-electron chi connectivity index (χ1n) is 6.45. The van der Waals surface area contributed by atoms with E-state index in [0.717, 1.165) is 42.3 Å². The van der Waals surface area contributed by atoms with Crippen molar-refractivity contribution in [1.29, 1.82) is 0 Å². The molecule has 0 atom stereocenters. The van der Waals surface area contributed by atoms with Gasteiger partial charge in [0.15, 0.2) is 0 Å². The molecule has 0 unspecified atom stereocenters. The molecule has 0 spiro atoms. The minimum Gasteiger partial charge on any atom is -0.384 e. The molecule has 2 rings (SSSR count). The van der Waals surface area contributed by atoms with E-state index in [1.807, 2.05) is 26.0 Å². The Hall–Kier alpha value is -1.81. The van der Waals surface area contributed by atoms with Gasteiger partial charge in [-0.05, 0) is 31.9 Å². The van der Waals surface area contributed by atoms with Crippen LogP contribution in [0.4, 0.5) is 5.69 Å². The first-order chi connectivity index (χ1) is 9.22. The summed E-state index contributed by atoms with van der Waals surface area (Å²) in [5.41, 5.74) is 4.47. The van der Waals surface area contributed by atoms with Crippen LogP contribution in [-0.4, -0.2) is 18.9 Å². The van der Waals surface area contributed by atoms with Crippen LogP contribution < -0.4 is 5.32 Å². The van der Waals surface area contributed by atoms with Crippen molar-refractivity contribution in [1.82, 2.24) is 5.16 Å². The Morgan fingerprint density at radius 2 is 2.05 bits per heavy atom. The zero-order chi connectivity index (χ0) is 13.7. The number of para-hydroxylation sites is 1. The number of aromatic nitrogens is 1. The Morgan fingerprint density at radius 1 is 1.26 bits per heavy atom. The second-order valence-electron chi connectivity index (χ2n) is 4.56. The average Bonchev–Trinajstić information content (AvgIpc) is 2.74. The molecule has 0 saturated carbocycles. The molecule has 2 aromatic rings. The molecule has 4 nitrogen and oxygen atoms in total. The van der Waals surface area contributed by atoms with Crippen molar-refractivity contribution < 1.29 is 9.26 Å². The van der Waals surface area contributed by atoms with Gasteiger partial charge in [-0.1, -0.05) is 23.4 Å². The number of aryl methyl sites for hydroxylation is 2. The topological polar surface area (TPSA) is 47.3 Å². The lowest BCUT2D eigenvalue weighted by atomic mass is 10.1. The Bertz CT molecular complexity index is 515. The zero-order valence-electron chi connectivity index (χ0n) is 11.7. The van der Waals surface area contributed by atoms with E-state index in [1.165, 1.54) is 5.56 Å². The SMILES string of the molecule is COCCc1ccccc1NCc1c(C)noc1C. The first-order valence-corrected chi connectivity index (χ1v) is 6.45. The van der Waals surface area contributed by atoms with E-state index in [4.69, 9.17) is 9.26 Å². The molecule has 1 heterocycles. The first kappa shape index (κ1) is 13.6. The van der Waals surface area contributed by atoms with Crippen molar-refractivity contribution in [3.8, 4) is 0 Å². The third-order valence-electron chi connectivity index (χ3n) is 3.23. The number of ether oxygens (including phenoxy) is 1. The van der Waals surface area contributed by atoms with Crippen LogP contribution >= 0.6 is 0 Å². The van der Waals surface area contributed by atoms with Crippen molar-refractivity contribution in [2.75, 3.05) is 19.0 Å². The van der Waals surface area contributed by atoms with Crippen molar-refractivity contribution in [2.45, 2.75) is 26.8 Å². The van der Waals surface area contributed by atoms with Gasteiger partial charge in [0.05, 0.1) is 12.3 Å². The predicted molar refractivity (Wildman–Crippen MR) is 75.3 cm³/mol. The second kappa shape index (κ2) is 6.38. The molecular formula is C15H20N2O2. The molecule has 0 radical (unpaired) electrons. The fourth-order valence-corrected chi connectivity index (χ4v) is 2.06. The van der Waals surface area contributed by atoms with E-state index < -0.39 is 0 Å². The lowest BCUT2D eigenvalue weighted by Crippen LogP contribution is -2.05. The number of nitrogens with one attached hydrogen (secondary N) is 1. The standard InChI is InChI=1S/C15H20N2O2/c1-11-14(12(2)19-17-11)10-16-15-7-5-4-6-13(15)8-9-18-3/h4-7,16H,8-10H2,1-3H3. The summed E-state index contributed by atoms with van der Waals surface area (Å²) in [6, 6.07) is 8.29. The molecule has 1 N–H and O–H groups in total. The summed E-state index contributed by atoms with van der Waals surface area (Å²) >= 11 is 0. The third kappa shape index (κ3) is 3.35. The monoisotopic (exact) mass is 260 g/mol. The van der Waals surface area contributed by atoms with Gasteiger partial charge in [0, 0.05) is 24.9 Å². The van der Waals surface area contributed by atoms with Crippen molar-refractivity contribution in [2.24, 2.45) is 0 Å². The molecule has 0 aliphatic heterocycles.